The fourth-order valence-electron chi connectivity index (χ4n) is 3.17. The highest BCUT2D eigenvalue weighted by atomic mass is 35.5. The fraction of sp³-hybridized carbons (Fsp3) is 0.0952. The summed E-state index contributed by atoms with van der Waals surface area (Å²) in [5, 5.41) is 11.3. The molecular formula is C21H14Cl2FN3O3. The van der Waals surface area contributed by atoms with Gasteiger partial charge in [0.1, 0.15) is 11.3 Å². The van der Waals surface area contributed by atoms with Crippen molar-refractivity contribution in [2.24, 2.45) is 0 Å². The number of benzene rings is 2. The van der Waals surface area contributed by atoms with Gasteiger partial charge in [-0.3, -0.25) is 15.1 Å². The zero-order valence-electron chi connectivity index (χ0n) is 15.6. The van der Waals surface area contributed by atoms with Gasteiger partial charge in [0.25, 0.3) is 5.69 Å². The molecule has 0 spiro atoms. The van der Waals surface area contributed by atoms with Gasteiger partial charge >= 0.3 is 0 Å². The summed E-state index contributed by atoms with van der Waals surface area (Å²) in [6.45, 7) is 1.70. The van der Waals surface area contributed by atoms with Crippen molar-refractivity contribution in [3.63, 3.8) is 0 Å². The largest absolute Gasteiger partial charge is 0.406 e. The first-order valence-electron chi connectivity index (χ1n) is 8.87. The molecule has 0 bridgehead atoms. The number of nitro groups is 1. The Kier molecular flexibility index (Phi) is 5.32. The van der Waals surface area contributed by atoms with E-state index in [4.69, 9.17) is 28.0 Å². The molecule has 6 nitrogen and oxygen atoms in total. The highest BCUT2D eigenvalue weighted by Crippen LogP contribution is 2.33. The topological polar surface area (TPSA) is 70.2 Å². The van der Waals surface area contributed by atoms with Crippen molar-refractivity contribution >= 4 is 39.9 Å². The van der Waals surface area contributed by atoms with Gasteiger partial charge < -0.3 is 4.84 Å². The Balaban J connectivity index is 1.71. The van der Waals surface area contributed by atoms with Crippen LogP contribution in [0.1, 0.15) is 18.6 Å². The molecule has 2 aromatic heterocycles. The van der Waals surface area contributed by atoms with Crippen molar-refractivity contribution in [1.82, 2.24) is 9.71 Å². The van der Waals surface area contributed by atoms with Crippen LogP contribution in [-0.4, -0.2) is 14.6 Å². The van der Waals surface area contributed by atoms with Crippen LogP contribution in [0.15, 0.2) is 60.9 Å². The van der Waals surface area contributed by atoms with Crippen molar-refractivity contribution in [3.05, 3.63) is 92.5 Å². The lowest BCUT2D eigenvalue weighted by molar-refractivity contribution is -0.384. The van der Waals surface area contributed by atoms with E-state index in [9.17, 15) is 14.5 Å². The van der Waals surface area contributed by atoms with Gasteiger partial charge in [0, 0.05) is 40.7 Å². The fourth-order valence-corrected chi connectivity index (χ4v) is 3.85. The average molecular weight is 446 g/mol. The Morgan fingerprint density at radius 3 is 2.73 bits per heavy atom. The number of halogens is 3. The monoisotopic (exact) mass is 445 g/mol. The summed E-state index contributed by atoms with van der Waals surface area (Å²) in [5.74, 6) is -0.585. The molecule has 0 amide bonds. The van der Waals surface area contributed by atoms with E-state index in [1.54, 1.807) is 37.5 Å². The van der Waals surface area contributed by atoms with E-state index in [0.29, 0.717) is 32.7 Å². The van der Waals surface area contributed by atoms with E-state index in [-0.39, 0.29) is 10.7 Å². The Hall–Kier alpha value is -3.16. The minimum Gasteiger partial charge on any atom is -0.406 e. The van der Waals surface area contributed by atoms with Gasteiger partial charge in [-0.25, -0.2) is 4.39 Å². The molecule has 0 saturated carbocycles. The van der Waals surface area contributed by atoms with Crippen LogP contribution >= 0.6 is 23.2 Å². The number of nitro benzene ring substituents is 1. The highest BCUT2D eigenvalue weighted by Gasteiger charge is 2.20. The molecule has 1 atom stereocenters. The molecule has 2 aromatic carbocycles. The van der Waals surface area contributed by atoms with Crippen molar-refractivity contribution in [3.8, 4) is 11.1 Å². The van der Waals surface area contributed by atoms with Crippen LogP contribution in [0.2, 0.25) is 10.0 Å². The molecule has 0 fully saturated rings. The van der Waals surface area contributed by atoms with Gasteiger partial charge in [-0.2, -0.15) is 4.73 Å². The number of fused-ring (bicyclic) bond motifs is 1. The number of aromatic nitrogens is 2. The molecule has 4 aromatic rings. The normalized spacial score (nSPS) is 12.1. The smallest absolute Gasteiger partial charge is 0.270 e. The number of nitrogens with zero attached hydrogens (tertiary/aromatic N) is 3. The third-order valence-electron chi connectivity index (χ3n) is 4.65. The summed E-state index contributed by atoms with van der Waals surface area (Å²) in [4.78, 5) is 21.0. The molecule has 9 heteroatoms. The molecule has 152 valence electrons. The second-order valence-corrected chi connectivity index (χ2v) is 7.37. The van der Waals surface area contributed by atoms with Crippen molar-refractivity contribution in [2.45, 2.75) is 13.0 Å². The first-order valence-corrected chi connectivity index (χ1v) is 9.63. The predicted octanol–water partition coefficient (Wildman–Crippen LogP) is 6.25. The van der Waals surface area contributed by atoms with E-state index >= 15 is 0 Å². The quantitative estimate of drug-likeness (QED) is 0.207. The first kappa shape index (κ1) is 20.1. The zero-order chi connectivity index (χ0) is 21.4. The Morgan fingerprint density at radius 1 is 1.17 bits per heavy atom. The van der Waals surface area contributed by atoms with Crippen LogP contribution in [0.25, 0.3) is 22.2 Å². The predicted molar refractivity (Wildman–Crippen MR) is 113 cm³/mol. The van der Waals surface area contributed by atoms with Crippen LogP contribution in [0.4, 0.5) is 10.1 Å². The van der Waals surface area contributed by atoms with Gasteiger partial charge in [-0.05, 0) is 36.8 Å². The van der Waals surface area contributed by atoms with E-state index in [1.807, 2.05) is 6.07 Å². The zero-order valence-corrected chi connectivity index (χ0v) is 17.1. The van der Waals surface area contributed by atoms with Crippen LogP contribution < -0.4 is 4.84 Å². The Morgan fingerprint density at radius 2 is 1.97 bits per heavy atom. The third kappa shape index (κ3) is 3.69. The second-order valence-electron chi connectivity index (χ2n) is 6.58. The molecule has 0 aliphatic carbocycles. The molecule has 0 aliphatic heterocycles. The van der Waals surface area contributed by atoms with Crippen LogP contribution in [0, 0.1) is 15.9 Å². The standard InChI is InChI=1S/C21H14Cl2FN3O3/c1-12(20-16(22)5-6-17(24)21(20)23)30-26-8-7-18-19(26)10-14(11-25-18)13-3-2-4-15(9-13)27(28)29/h2-12H,1H3. The first-order chi connectivity index (χ1) is 14.3. The number of rotatable bonds is 5. The summed E-state index contributed by atoms with van der Waals surface area (Å²) in [6, 6.07) is 12.5. The Labute approximate surface area is 180 Å². The van der Waals surface area contributed by atoms with E-state index in [1.165, 1.54) is 29.0 Å². The molecule has 0 saturated heterocycles. The number of hydrogen-bond donors (Lipinski definition) is 0. The van der Waals surface area contributed by atoms with Gasteiger partial charge in [0.15, 0.2) is 6.10 Å². The van der Waals surface area contributed by atoms with Crippen molar-refractivity contribution < 1.29 is 14.2 Å². The Bertz CT molecular complexity index is 1280. The maximum atomic E-state index is 13.9. The SMILES string of the molecule is CC(On1ccc2ncc(-c3cccc([N+](=O)[O-])c3)cc21)c1c(Cl)ccc(F)c1Cl. The summed E-state index contributed by atoms with van der Waals surface area (Å²) in [5.41, 5.74) is 2.95. The summed E-state index contributed by atoms with van der Waals surface area (Å²) in [6.07, 6.45) is 2.65. The van der Waals surface area contributed by atoms with Gasteiger partial charge in [0.2, 0.25) is 0 Å². The molecule has 1 unspecified atom stereocenters. The number of hydrogen-bond acceptors (Lipinski definition) is 4. The molecule has 0 N–H and O–H groups in total. The summed E-state index contributed by atoms with van der Waals surface area (Å²) < 4.78 is 15.4. The summed E-state index contributed by atoms with van der Waals surface area (Å²) >= 11 is 12.3. The maximum Gasteiger partial charge on any atom is 0.270 e. The lowest BCUT2D eigenvalue weighted by atomic mass is 10.1. The number of pyridine rings is 1. The maximum absolute atomic E-state index is 13.9. The summed E-state index contributed by atoms with van der Waals surface area (Å²) in [7, 11) is 0. The van der Waals surface area contributed by atoms with Gasteiger partial charge in [-0.1, -0.05) is 35.3 Å². The lowest BCUT2D eigenvalue weighted by Gasteiger charge is -2.18. The molecular weight excluding hydrogens is 432 g/mol. The van der Waals surface area contributed by atoms with Crippen LogP contribution in [0.3, 0.4) is 0 Å². The van der Waals surface area contributed by atoms with Gasteiger partial charge in [-0.15, -0.1) is 0 Å². The van der Waals surface area contributed by atoms with Gasteiger partial charge in [0.05, 0.1) is 15.5 Å². The van der Waals surface area contributed by atoms with Crippen LogP contribution in [-0.2, 0) is 0 Å². The molecule has 30 heavy (non-hydrogen) atoms. The minimum absolute atomic E-state index is 0.0109. The number of non-ortho nitro benzene ring substituents is 1. The van der Waals surface area contributed by atoms with Crippen molar-refractivity contribution in [1.29, 1.82) is 0 Å². The van der Waals surface area contributed by atoms with Crippen LogP contribution in [0.5, 0.6) is 0 Å². The molecule has 0 radical (unpaired) electrons. The average Bonchev–Trinajstić information content (AvgIpc) is 3.13. The van der Waals surface area contributed by atoms with E-state index < -0.39 is 16.8 Å². The minimum atomic E-state index is -0.655. The molecule has 4 rings (SSSR count). The third-order valence-corrected chi connectivity index (χ3v) is 5.36. The molecule has 2 heterocycles. The van der Waals surface area contributed by atoms with E-state index in [0.717, 1.165) is 0 Å². The van der Waals surface area contributed by atoms with Crippen molar-refractivity contribution in [2.75, 3.05) is 0 Å². The molecule has 0 aliphatic rings. The lowest BCUT2D eigenvalue weighted by Crippen LogP contribution is -2.16. The van der Waals surface area contributed by atoms with E-state index in [2.05, 4.69) is 4.98 Å². The second kappa shape index (κ2) is 7.93. The highest BCUT2D eigenvalue weighted by molar-refractivity contribution is 6.36.